The molecule has 0 aliphatic carbocycles. The van der Waals surface area contributed by atoms with E-state index in [2.05, 4.69) is 21.0 Å². The minimum atomic E-state index is -0.657. The quantitative estimate of drug-likeness (QED) is 0.654. The van der Waals surface area contributed by atoms with E-state index in [4.69, 9.17) is 5.73 Å². The number of rotatable bonds is 4. The Morgan fingerprint density at radius 1 is 1.87 bits per heavy atom. The summed E-state index contributed by atoms with van der Waals surface area (Å²) in [5, 5.41) is 14.2. The van der Waals surface area contributed by atoms with Gasteiger partial charge in [0.15, 0.2) is 6.04 Å². The van der Waals surface area contributed by atoms with Gasteiger partial charge in [-0.15, -0.1) is 0 Å². The van der Waals surface area contributed by atoms with E-state index in [9.17, 15) is 14.9 Å². The Balaban J connectivity index is 3.10. The van der Waals surface area contributed by atoms with E-state index < -0.39 is 16.9 Å². The molecular formula is C7H9BrN4O3. The maximum Gasteiger partial charge on any atom is 0.404 e. The van der Waals surface area contributed by atoms with Crippen LogP contribution in [0.4, 0.5) is 5.82 Å². The molecule has 1 unspecified atom stereocenters. The van der Waals surface area contributed by atoms with Crippen molar-refractivity contribution in [2.24, 2.45) is 5.73 Å². The fourth-order valence-electron chi connectivity index (χ4n) is 1.16. The number of carbonyl (C=O) groups excluding carboxylic acids is 1. The van der Waals surface area contributed by atoms with Crippen LogP contribution < -0.4 is 5.73 Å². The van der Waals surface area contributed by atoms with Crippen molar-refractivity contribution in [1.29, 1.82) is 0 Å². The maximum absolute atomic E-state index is 11.0. The highest BCUT2D eigenvalue weighted by molar-refractivity contribution is 9.10. The van der Waals surface area contributed by atoms with Gasteiger partial charge in [-0.2, -0.15) is 4.68 Å². The number of nitrogens with two attached hydrogens (primary N) is 1. The molecular weight excluding hydrogens is 268 g/mol. The lowest BCUT2D eigenvalue weighted by atomic mass is 10.2. The van der Waals surface area contributed by atoms with Crippen LogP contribution in [0.25, 0.3) is 0 Å². The first-order valence-corrected chi connectivity index (χ1v) is 4.95. The molecule has 1 aromatic heterocycles. The number of primary amides is 1. The third-order valence-corrected chi connectivity index (χ3v) is 2.44. The zero-order valence-electron chi connectivity index (χ0n) is 7.88. The molecule has 1 heterocycles. The Kier molecular flexibility index (Phi) is 3.40. The minimum absolute atomic E-state index is 0.229. The van der Waals surface area contributed by atoms with Gasteiger partial charge in [0.05, 0.1) is 11.3 Å². The third kappa shape index (κ3) is 2.32. The topological polar surface area (TPSA) is 104 Å². The van der Waals surface area contributed by atoms with Crippen molar-refractivity contribution in [3.05, 3.63) is 20.8 Å². The second-order valence-electron chi connectivity index (χ2n) is 2.86. The first-order valence-electron chi connectivity index (χ1n) is 4.15. The molecule has 2 N–H and O–H groups in total. The summed E-state index contributed by atoms with van der Waals surface area (Å²) in [4.78, 5) is 20.9. The average Bonchev–Trinajstić information content (AvgIpc) is 2.48. The maximum atomic E-state index is 11.0. The number of carbonyl (C=O) groups is 1. The molecule has 1 amide bonds. The third-order valence-electron chi connectivity index (χ3n) is 1.88. The first kappa shape index (κ1) is 11.6. The Labute approximate surface area is 93.5 Å². The van der Waals surface area contributed by atoms with E-state index in [1.807, 2.05) is 0 Å². The normalized spacial score (nSPS) is 12.4. The summed E-state index contributed by atoms with van der Waals surface area (Å²) < 4.78 is 1.43. The molecule has 0 radical (unpaired) electrons. The van der Waals surface area contributed by atoms with Gasteiger partial charge in [-0.1, -0.05) is 6.92 Å². The molecule has 0 saturated heterocycles. The molecule has 1 rings (SSSR count). The zero-order valence-corrected chi connectivity index (χ0v) is 9.47. The fourth-order valence-corrected chi connectivity index (χ4v) is 1.60. The monoisotopic (exact) mass is 276 g/mol. The highest BCUT2D eigenvalue weighted by Gasteiger charge is 2.25. The summed E-state index contributed by atoms with van der Waals surface area (Å²) in [6, 6.07) is -0.657. The van der Waals surface area contributed by atoms with Crippen LogP contribution in [-0.4, -0.2) is 20.6 Å². The molecule has 0 fully saturated rings. The van der Waals surface area contributed by atoms with Crippen molar-refractivity contribution in [2.45, 2.75) is 19.4 Å². The van der Waals surface area contributed by atoms with E-state index in [0.717, 1.165) is 0 Å². The van der Waals surface area contributed by atoms with Gasteiger partial charge in [0.2, 0.25) is 5.91 Å². The summed E-state index contributed by atoms with van der Waals surface area (Å²) in [6.07, 6.45) is 1.80. The Morgan fingerprint density at radius 3 is 2.80 bits per heavy atom. The van der Waals surface area contributed by atoms with Crippen LogP contribution >= 0.6 is 15.9 Å². The van der Waals surface area contributed by atoms with Crippen molar-refractivity contribution in [1.82, 2.24) is 9.78 Å². The van der Waals surface area contributed by atoms with Gasteiger partial charge in [-0.3, -0.25) is 4.79 Å². The number of hydrogen-bond acceptors (Lipinski definition) is 4. The average molecular weight is 277 g/mol. The summed E-state index contributed by atoms with van der Waals surface area (Å²) in [6.45, 7) is 1.75. The van der Waals surface area contributed by atoms with Crippen LogP contribution in [0.2, 0.25) is 0 Å². The second kappa shape index (κ2) is 4.39. The van der Waals surface area contributed by atoms with Crippen molar-refractivity contribution in [2.75, 3.05) is 0 Å². The molecule has 15 heavy (non-hydrogen) atoms. The van der Waals surface area contributed by atoms with E-state index in [0.29, 0.717) is 6.42 Å². The van der Waals surface area contributed by atoms with Gasteiger partial charge in [-0.05, 0) is 27.3 Å². The number of amides is 1. The van der Waals surface area contributed by atoms with Crippen molar-refractivity contribution < 1.29 is 9.72 Å². The molecule has 0 spiro atoms. The molecule has 0 aliphatic heterocycles. The number of aromatic nitrogens is 2. The summed E-state index contributed by atoms with van der Waals surface area (Å²) in [5.41, 5.74) is 5.13. The highest BCUT2D eigenvalue weighted by atomic mass is 79.9. The van der Waals surface area contributed by atoms with Gasteiger partial charge in [0, 0.05) is 0 Å². The lowest BCUT2D eigenvalue weighted by molar-refractivity contribution is -0.390. The molecule has 8 heteroatoms. The van der Waals surface area contributed by atoms with Crippen LogP contribution in [0.15, 0.2) is 10.7 Å². The van der Waals surface area contributed by atoms with Gasteiger partial charge in [-0.25, -0.2) is 0 Å². The van der Waals surface area contributed by atoms with E-state index in [-0.39, 0.29) is 10.3 Å². The van der Waals surface area contributed by atoms with E-state index in [1.54, 1.807) is 6.92 Å². The zero-order chi connectivity index (χ0) is 11.6. The fraction of sp³-hybridized carbons (Fsp3) is 0.429. The van der Waals surface area contributed by atoms with Gasteiger partial charge in [0.1, 0.15) is 4.47 Å². The SMILES string of the molecule is CCC(C(N)=O)n1cc(Br)c([N+](=O)[O-])n1. The van der Waals surface area contributed by atoms with Crippen LogP contribution in [0, 0.1) is 10.1 Å². The minimum Gasteiger partial charge on any atom is -0.368 e. The highest BCUT2D eigenvalue weighted by Crippen LogP contribution is 2.24. The number of halogens is 1. The first-order chi connectivity index (χ1) is 6.97. The lowest BCUT2D eigenvalue weighted by Gasteiger charge is -2.06. The van der Waals surface area contributed by atoms with E-state index in [1.165, 1.54) is 10.9 Å². The second-order valence-corrected chi connectivity index (χ2v) is 3.72. The predicted octanol–water partition coefficient (Wildman–Crippen LogP) is 0.990. The molecule has 0 aliphatic rings. The number of nitrogens with zero attached hydrogens (tertiary/aromatic N) is 3. The molecule has 82 valence electrons. The molecule has 1 atom stereocenters. The standard InChI is InChI=1S/C7H9BrN4O3/c1-2-5(6(9)13)11-3-4(8)7(10-11)12(14)15/h3,5H,2H2,1H3,(H2,9,13). The van der Waals surface area contributed by atoms with Crippen LogP contribution in [-0.2, 0) is 4.79 Å². The summed E-state index contributed by atoms with van der Waals surface area (Å²) in [5.74, 6) is -0.892. The largest absolute Gasteiger partial charge is 0.404 e. The smallest absolute Gasteiger partial charge is 0.368 e. The van der Waals surface area contributed by atoms with Gasteiger partial charge < -0.3 is 15.8 Å². The van der Waals surface area contributed by atoms with Crippen molar-refractivity contribution in [3.8, 4) is 0 Å². The van der Waals surface area contributed by atoms with Crippen molar-refractivity contribution in [3.63, 3.8) is 0 Å². The van der Waals surface area contributed by atoms with Crippen LogP contribution in [0.1, 0.15) is 19.4 Å². The molecule has 1 aromatic rings. The number of nitro groups is 1. The lowest BCUT2D eigenvalue weighted by Crippen LogP contribution is -2.26. The summed E-state index contributed by atoms with van der Waals surface area (Å²) >= 11 is 2.99. The van der Waals surface area contributed by atoms with Crippen LogP contribution in [0.5, 0.6) is 0 Å². The summed E-state index contributed by atoms with van der Waals surface area (Å²) in [7, 11) is 0. The Hall–Kier alpha value is -1.44. The van der Waals surface area contributed by atoms with Crippen molar-refractivity contribution >= 4 is 27.7 Å². The van der Waals surface area contributed by atoms with Crippen LogP contribution in [0.3, 0.4) is 0 Å². The molecule has 0 bridgehead atoms. The Bertz CT molecular complexity index is 403. The van der Waals surface area contributed by atoms with E-state index >= 15 is 0 Å². The molecule has 7 nitrogen and oxygen atoms in total. The van der Waals surface area contributed by atoms with Gasteiger partial charge in [0.25, 0.3) is 0 Å². The van der Waals surface area contributed by atoms with Gasteiger partial charge >= 0.3 is 5.82 Å². The number of hydrogen-bond donors (Lipinski definition) is 1. The predicted molar refractivity (Wildman–Crippen MR) is 55.1 cm³/mol. The molecule has 0 aromatic carbocycles. The molecule has 0 saturated carbocycles. The Morgan fingerprint density at radius 2 is 2.47 bits per heavy atom.